The molecule has 0 spiro atoms. The van der Waals surface area contributed by atoms with Crippen LogP contribution in [0.1, 0.15) is 42.0 Å². The molecule has 1 aromatic carbocycles. The minimum absolute atomic E-state index is 0.0227. The molecule has 3 aromatic heterocycles. The molecule has 2 N–H and O–H groups in total. The van der Waals surface area contributed by atoms with Crippen LogP contribution in [0.25, 0.3) is 16.6 Å². The van der Waals surface area contributed by atoms with Crippen LogP contribution in [0.2, 0.25) is 0 Å². The second kappa shape index (κ2) is 7.87. The monoisotopic (exact) mass is 454 g/mol. The summed E-state index contributed by atoms with van der Waals surface area (Å²) in [5.74, 6) is -1.37. The van der Waals surface area contributed by atoms with Gasteiger partial charge < -0.3 is 15.4 Å². The van der Waals surface area contributed by atoms with Crippen molar-refractivity contribution in [3.8, 4) is 5.88 Å². The fourth-order valence-electron chi connectivity index (χ4n) is 4.13. The minimum atomic E-state index is -0.826. The largest absolute Gasteiger partial charge is 0.480 e. The third-order valence-electron chi connectivity index (χ3n) is 5.90. The van der Waals surface area contributed by atoms with Crippen LogP contribution in [-0.2, 0) is 0 Å². The zero-order valence-electron chi connectivity index (χ0n) is 17.9. The molecule has 10 nitrogen and oxygen atoms in total. The summed E-state index contributed by atoms with van der Waals surface area (Å²) in [7, 11) is 1.47. The maximum atomic E-state index is 14.2. The number of nitrogen functional groups attached to an aromatic ring is 1. The Hall–Kier alpha value is -3.96. The van der Waals surface area contributed by atoms with Crippen molar-refractivity contribution in [1.29, 1.82) is 0 Å². The van der Waals surface area contributed by atoms with Crippen LogP contribution < -0.4 is 10.5 Å². The second-order valence-corrected chi connectivity index (χ2v) is 7.98. The normalized spacial score (nSPS) is 18.7. The molecule has 0 radical (unpaired) electrons. The number of aromatic nitrogens is 6. The Morgan fingerprint density at radius 3 is 2.73 bits per heavy atom. The van der Waals surface area contributed by atoms with E-state index in [1.165, 1.54) is 24.0 Å². The van der Waals surface area contributed by atoms with Crippen molar-refractivity contribution in [2.45, 2.75) is 31.7 Å². The molecule has 4 aromatic rings. The Bertz CT molecular complexity index is 1370. The summed E-state index contributed by atoms with van der Waals surface area (Å²) in [5.41, 5.74) is 6.31. The number of hydrogen-bond donors (Lipinski definition) is 1. The number of methoxy groups -OCH3 is 1. The summed E-state index contributed by atoms with van der Waals surface area (Å²) in [6, 6.07) is 1.88. The molecule has 12 heteroatoms. The first-order chi connectivity index (χ1) is 15.9. The van der Waals surface area contributed by atoms with Crippen LogP contribution in [-0.4, -0.2) is 60.1 Å². The third kappa shape index (κ3) is 3.56. The molecule has 1 amide bonds. The highest BCUT2D eigenvalue weighted by molar-refractivity contribution is 5.93. The Kier molecular flexibility index (Phi) is 4.99. The zero-order valence-corrected chi connectivity index (χ0v) is 17.9. The predicted molar refractivity (Wildman–Crippen MR) is 114 cm³/mol. The first kappa shape index (κ1) is 20.9. The summed E-state index contributed by atoms with van der Waals surface area (Å²) in [6.07, 6.45) is 4.21. The lowest BCUT2D eigenvalue weighted by atomic mass is 9.92. The Morgan fingerprint density at radius 1 is 1.18 bits per heavy atom. The first-order valence-corrected chi connectivity index (χ1v) is 10.3. The molecule has 4 heterocycles. The number of halogens is 2. The average Bonchev–Trinajstić information content (AvgIpc) is 3.26. The van der Waals surface area contributed by atoms with Crippen molar-refractivity contribution in [3.63, 3.8) is 0 Å². The molecular formula is C21H20F2N8O2. The number of anilines is 1. The maximum Gasteiger partial charge on any atom is 0.274 e. The fraction of sp³-hybridized carbons (Fsp3) is 0.333. The zero-order chi connectivity index (χ0) is 23.3. The molecule has 1 aliphatic rings. The number of rotatable bonds is 3. The van der Waals surface area contributed by atoms with E-state index in [9.17, 15) is 13.6 Å². The van der Waals surface area contributed by atoms with Crippen molar-refractivity contribution >= 4 is 28.4 Å². The first-order valence-electron chi connectivity index (χ1n) is 10.3. The van der Waals surface area contributed by atoms with E-state index >= 15 is 0 Å². The van der Waals surface area contributed by atoms with Crippen molar-refractivity contribution < 1.29 is 18.3 Å². The average molecular weight is 454 g/mol. The number of nitrogens with zero attached hydrogens (tertiary/aromatic N) is 7. The van der Waals surface area contributed by atoms with Crippen LogP contribution in [0.15, 0.2) is 24.5 Å². The van der Waals surface area contributed by atoms with Gasteiger partial charge in [-0.1, -0.05) is 0 Å². The molecule has 170 valence electrons. The maximum absolute atomic E-state index is 14.2. The van der Waals surface area contributed by atoms with E-state index in [2.05, 4.69) is 25.0 Å². The van der Waals surface area contributed by atoms with Gasteiger partial charge in [-0.05, 0) is 25.8 Å². The molecular weight excluding hydrogens is 434 g/mol. The van der Waals surface area contributed by atoms with Crippen molar-refractivity contribution in [3.05, 3.63) is 47.7 Å². The Morgan fingerprint density at radius 2 is 2.00 bits per heavy atom. The standard InChI is InChI=1S/C21H20F2N8O2/c1-10-3-4-11(9-30(10)20(32)15-7-26-16(33-2)8-25-15)18-28-19-13-5-12(22)6-14(23)17(13)27-21(24)31(19)29-18/h5-8,10-11H,3-4,9H2,1-2H3,(H2,24,27)/t10-,11?/m0/s1. The lowest BCUT2D eigenvalue weighted by Gasteiger charge is -2.36. The highest BCUT2D eigenvalue weighted by Gasteiger charge is 2.33. The highest BCUT2D eigenvalue weighted by atomic mass is 19.1. The smallest absolute Gasteiger partial charge is 0.274 e. The molecule has 1 aliphatic heterocycles. The number of benzene rings is 1. The Balaban J connectivity index is 1.50. The number of ether oxygens (including phenoxy) is 1. The van der Waals surface area contributed by atoms with Gasteiger partial charge >= 0.3 is 0 Å². The number of carbonyl (C=O) groups excluding carboxylic acids is 1. The molecule has 1 unspecified atom stereocenters. The Labute approximate surface area is 186 Å². The molecule has 2 atom stereocenters. The molecule has 0 bridgehead atoms. The molecule has 5 rings (SSSR count). The summed E-state index contributed by atoms with van der Waals surface area (Å²) >= 11 is 0. The van der Waals surface area contributed by atoms with Crippen LogP contribution in [0, 0.1) is 11.6 Å². The lowest BCUT2D eigenvalue weighted by Crippen LogP contribution is -2.45. The van der Waals surface area contributed by atoms with Gasteiger partial charge in [0.05, 0.1) is 24.9 Å². The van der Waals surface area contributed by atoms with E-state index in [-0.39, 0.29) is 46.1 Å². The fourth-order valence-corrected chi connectivity index (χ4v) is 4.13. The van der Waals surface area contributed by atoms with Gasteiger partial charge in [-0.3, -0.25) is 4.79 Å². The van der Waals surface area contributed by atoms with Crippen LogP contribution in [0.5, 0.6) is 5.88 Å². The lowest BCUT2D eigenvalue weighted by molar-refractivity contribution is 0.0599. The number of carbonyl (C=O) groups is 1. The third-order valence-corrected chi connectivity index (χ3v) is 5.90. The van der Waals surface area contributed by atoms with Gasteiger partial charge in [0.15, 0.2) is 17.3 Å². The number of piperidine rings is 1. The van der Waals surface area contributed by atoms with Crippen LogP contribution in [0.3, 0.4) is 0 Å². The van der Waals surface area contributed by atoms with Crippen LogP contribution >= 0.6 is 0 Å². The molecule has 0 saturated carbocycles. The van der Waals surface area contributed by atoms with Gasteiger partial charge in [0, 0.05) is 24.6 Å². The summed E-state index contributed by atoms with van der Waals surface area (Å²) < 4.78 is 34.4. The topological polar surface area (TPSA) is 124 Å². The van der Waals surface area contributed by atoms with E-state index in [1.807, 2.05) is 6.92 Å². The van der Waals surface area contributed by atoms with E-state index in [1.54, 1.807) is 4.90 Å². The summed E-state index contributed by atoms with van der Waals surface area (Å²) in [6.45, 7) is 2.31. The summed E-state index contributed by atoms with van der Waals surface area (Å²) in [4.78, 5) is 31.5. The van der Waals surface area contributed by atoms with Crippen molar-refractivity contribution in [2.75, 3.05) is 19.4 Å². The van der Waals surface area contributed by atoms with Gasteiger partial charge in [-0.15, -0.1) is 5.10 Å². The SMILES string of the molecule is COc1cnc(C(=O)N2CC(c3nc4c5cc(F)cc(F)c5nc(N)n4n3)CC[C@@H]2C)cn1. The highest BCUT2D eigenvalue weighted by Crippen LogP contribution is 2.31. The number of likely N-dealkylation sites (tertiary alicyclic amines) is 1. The number of hydrogen-bond acceptors (Lipinski definition) is 8. The molecule has 1 saturated heterocycles. The van der Waals surface area contributed by atoms with E-state index in [0.29, 0.717) is 24.7 Å². The minimum Gasteiger partial charge on any atom is -0.480 e. The molecule has 1 fully saturated rings. The van der Waals surface area contributed by atoms with Crippen LogP contribution in [0.4, 0.5) is 14.7 Å². The molecule has 0 aliphatic carbocycles. The summed E-state index contributed by atoms with van der Waals surface area (Å²) in [5, 5.41) is 4.62. The molecule has 33 heavy (non-hydrogen) atoms. The van der Waals surface area contributed by atoms with Gasteiger partial charge in [0.25, 0.3) is 5.91 Å². The number of nitrogens with two attached hydrogens (primary N) is 1. The predicted octanol–water partition coefficient (Wildman–Crippen LogP) is 2.34. The number of amides is 1. The second-order valence-electron chi connectivity index (χ2n) is 7.98. The van der Waals surface area contributed by atoms with E-state index in [0.717, 1.165) is 18.6 Å². The van der Waals surface area contributed by atoms with Crippen molar-refractivity contribution in [1.82, 2.24) is 34.4 Å². The quantitative estimate of drug-likeness (QED) is 0.500. The van der Waals surface area contributed by atoms with E-state index < -0.39 is 11.6 Å². The van der Waals surface area contributed by atoms with E-state index in [4.69, 9.17) is 10.5 Å². The van der Waals surface area contributed by atoms with Gasteiger partial charge in [-0.2, -0.15) is 4.52 Å². The van der Waals surface area contributed by atoms with Gasteiger partial charge in [-0.25, -0.2) is 28.7 Å². The number of fused-ring (bicyclic) bond motifs is 3. The van der Waals surface area contributed by atoms with Gasteiger partial charge in [0.2, 0.25) is 11.8 Å². The van der Waals surface area contributed by atoms with Gasteiger partial charge in [0.1, 0.15) is 17.0 Å². The van der Waals surface area contributed by atoms with Crippen molar-refractivity contribution in [2.24, 2.45) is 0 Å².